The zero-order valence-electron chi connectivity index (χ0n) is 16.2. The number of thioether (sulfide) groups is 1. The lowest BCUT2D eigenvalue weighted by Crippen LogP contribution is -2.38. The molecule has 1 saturated heterocycles. The van der Waals surface area contributed by atoms with Crippen LogP contribution in [0.2, 0.25) is 0 Å². The van der Waals surface area contributed by atoms with Gasteiger partial charge in [0.1, 0.15) is 0 Å². The number of hydrogen-bond acceptors (Lipinski definition) is 6. The third-order valence-electron chi connectivity index (χ3n) is 4.89. The van der Waals surface area contributed by atoms with Gasteiger partial charge in [0, 0.05) is 26.7 Å². The summed E-state index contributed by atoms with van der Waals surface area (Å²) >= 11 is 1.45. The number of hydrogen-bond donors (Lipinski definition) is 0. The maximum atomic E-state index is 12.7. The number of aromatic nitrogens is 3. The van der Waals surface area contributed by atoms with E-state index in [4.69, 9.17) is 4.74 Å². The average Bonchev–Trinajstić information content (AvgIpc) is 3.15. The van der Waals surface area contributed by atoms with Crippen molar-refractivity contribution in [2.75, 3.05) is 44.0 Å². The van der Waals surface area contributed by atoms with E-state index in [1.54, 1.807) is 4.90 Å². The van der Waals surface area contributed by atoms with Crippen LogP contribution in [0.15, 0.2) is 35.5 Å². The van der Waals surface area contributed by atoms with Gasteiger partial charge in [0.15, 0.2) is 5.16 Å². The first-order valence-electron chi connectivity index (χ1n) is 9.31. The second kappa shape index (κ2) is 9.23. The highest BCUT2D eigenvalue weighted by atomic mass is 32.2. The van der Waals surface area contributed by atoms with Crippen molar-refractivity contribution in [1.82, 2.24) is 19.7 Å². The lowest BCUT2D eigenvalue weighted by Gasteiger charge is -2.27. The van der Waals surface area contributed by atoms with Gasteiger partial charge in [0.05, 0.1) is 25.0 Å². The number of amides is 1. The Kier molecular flexibility index (Phi) is 6.73. The molecule has 2 aromatic rings. The highest BCUT2D eigenvalue weighted by molar-refractivity contribution is 7.99. The molecule has 27 heavy (non-hydrogen) atoms. The van der Waals surface area contributed by atoms with E-state index >= 15 is 0 Å². The fourth-order valence-electron chi connectivity index (χ4n) is 3.06. The molecule has 8 heteroatoms. The molecule has 0 N–H and O–H groups in total. The second-order valence-corrected chi connectivity index (χ2v) is 7.45. The van der Waals surface area contributed by atoms with E-state index in [0.29, 0.717) is 19.0 Å². The van der Waals surface area contributed by atoms with Gasteiger partial charge in [0.25, 0.3) is 0 Å². The minimum Gasteiger partial charge on any atom is -0.378 e. The molecule has 0 unspecified atom stereocenters. The zero-order valence-corrected chi connectivity index (χ0v) is 17.0. The van der Waals surface area contributed by atoms with Crippen molar-refractivity contribution < 1.29 is 9.53 Å². The highest BCUT2D eigenvalue weighted by Crippen LogP contribution is 2.24. The van der Waals surface area contributed by atoms with Gasteiger partial charge in [0.2, 0.25) is 11.9 Å². The molecule has 0 aliphatic carbocycles. The minimum atomic E-state index is 0.0345. The normalized spacial score (nSPS) is 15.6. The molecule has 1 aliphatic heterocycles. The van der Waals surface area contributed by atoms with E-state index < -0.39 is 0 Å². The standard InChI is InChI=1S/C19H27N5O2S/c1-4-24-18(23-10-12-26-13-11-23)20-21-19(24)27-14-17(25)22(3)15(2)16-8-6-5-7-9-16/h5-9,15H,4,10-14H2,1-3H3/t15-/m0/s1. The van der Waals surface area contributed by atoms with Crippen molar-refractivity contribution in [2.24, 2.45) is 0 Å². The van der Waals surface area contributed by atoms with Crippen molar-refractivity contribution in [1.29, 1.82) is 0 Å². The van der Waals surface area contributed by atoms with E-state index in [-0.39, 0.29) is 11.9 Å². The van der Waals surface area contributed by atoms with Gasteiger partial charge in [-0.3, -0.25) is 9.36 Å². The topological polar surface area (TPSA) is 63.5 Å². The summed E-state index contributed by atoms with van der Waals surface area (Å²) in [5, 5.41) is 9.46. The fourth-order valence-corrected chi connectivity index (χ4v) is 3.98. The van der Waals surface area contributed by atoms with Gasteiger partial charge in [-0.25, -0.2) is 0 Å². The van der Waals surface area contributed by atoms with Crippen molar-refractivity contribution in [3.63, 3.8) is 0 Å². The van der Waals surface area contributed by atoms with Gasteiger partial charge in [-0.15, -0.1) is 10.2 Å². The molecule has 2 heterocycles. The van der Waals surface area contributed by atoms with Gasteiger partial charge in [-0.2, -0.15) is 0 Å². The molecule has 0 bridgehead atoms. The molecule has 7 nitrogen and oxygen atoms in total. The summed E-state index contributed by atoms with van der Waals surface area (Å²) in [6, 6.07) is 10.1. The Morgan fingerprint density at radius 3 is 2.63 bits per heavy atom. The molecule has 1 aliphatic rings. The van der Waals surface area contributed by atoms with E-state index in [1.807, 2.05) is 44.3 Å². The molecular weight excluding hydrogens is 362 g/mol. The van der Waals surface area contributed by atoms with Gasteiger partial charge in [-0.05, 0) is 19.4 Å². The van der Waals surface area contributed by atoms with Gasteiger partial charge >= 0.3 is 0 Å². The number of nitrogens with zero attached hydrogens (tertiary/aromatic N) is 5. The van der Waals surface area contributed by atoms with Crippen molar-refractivity contribution >= 4 is 23.6 Å². The zero-order chi connectivity index (χ0) is 19.2. The molecule has 0 saturated carbocycles. The van der Waals surface area contributed by atoms with E-state index in [1.165, 1.54) is 11.8 Å². The summed E-state index contributed by atoms with van der Waals surface area (Å²) in [7, 11) is 1.85. The van der Waals surface area contributed by atoms with Crippen LogP contribution in [0.25, 0.3) is 0 Å². The van der Waals surface area contributed by atoms with Crippen LogP contribution < -0.4 is 4.90 Å². The molecule has 1 fully saturated rings. The van der Waals surface area contributed by atoms with Gasteiger partial charge < -0.3 is 14.5 Å². The Labute approximate surface area is 164 Å². The molecule has 3 rings (SSSR count). The number of morpholine rings is 1. The Morgan fingerprint density at radius 2 is 1.96 bits per heavy atom. The third-order valence-corrected chi connectivity index (χ3v) is 5.84. The Morgan fingerprint density at radius 1 is 1.26 bits per heavy atom. The fraction of sp³-hybridized carbons (Fsp3) is 0.526. The number of rotatable bonds is 7. The van der Waals surface area contributed by atoms with E-state index in [0.717, 1.165) is 36.3 Å². The largest absolute Gasteiger partial charge is 0.378 e. The smallest absolute Gasteiger partial charge is 0.233 e. The Bertz CT molecular complexity index is 746. The van der Waals surface area contributed by atoms with E-state index in [2.05, 4.69) is 26.6 Å². The van der Waals surface area contributed by atoms with Crippen LogP contribution in [-0.4, -0.2) is 64.7 Å². The van der Waals surface area contributed by atoms with Crippen LogP contribution in [0, 0.1) is 0 Å². The summed E-state index contributed by atoms with van der Waals surface area (Å²) in [4.78, 5) is 16.6. The Balaban J connectivity index is 1.62. The maximum absolute atomic E-state index is 12.7. The van der Waals surface area contributed by atoms with Crippen LogP contribution in [0.4, 0.5) is 5.95 Å². The molecule has 1 aromatic carbocycles. The number of carbonyl (C=O) groups excluding carboxylic acids is 1. The second-order valence-electron chi connectivity index (χ2n) is 6.51. The first-order valence-corrected chi connectivity index (χ1v) is 10.3. The highest BCUT2D eigenvalue weighted by Gasteiger charge is 2.22. The first kappa shape index (κ1) is 19.7. The van der Waals surface area contributed by atoms with Crippen LogP contribution >= 0.6 is 11.8 Å². The predicted octanol–water partition coefficient (Wildman–Crippen LogP) is 2.45. The molecule has 0 spiro atoms. The summed E-state index contributed by atoms with van der Waals surface area (Å²) in [6.07, 6.45) is 0. The van der Waals surface area contributed by atoms with Crippen molar-refractivity contribution in [3.05, 3.63) is 35.9 Å². The summed E-state index contributed by atoms with van der Waals surface area (Å²) in [6.45, 7) is 7.94. The summed E-state index contributed by atoms with van der Waals surface area (Å²) in [5.41, 5.74) is 1.13. The monoisotopic (exact) mass is 389 g/mol. The maximum Gasteiger partial charge on any atom is 0.233 e. The molecule has 0 radical (unpaired) electrons. The van der Waals surface area contributed by atoms with Crippen LogP contribution in [0.5, 0.6) is 0 Å². The third kappa shape index (κ3) is 4.62. The van der Waals surface area contributed by atoms with Gasteiger partial charge in [-0.1, -0.05) is 42.1 Å². The molecular formula is C19H27N5O2S. The summed E-state index contributed by atoms with van der Waals surface area (Å²) < 4.78 is 7.48. The van der Waals surface area contributed by atoms with Crippen LogP contribution in [-0.2, 0) is 16.1 Å². The van der Waals surface area contributed by atoms with Crippen LogP contribution in [0.1, 0.15) is 25.5 Å². The van der Waals surface area contributed by atoms with Crippen molar-refractivity contribution in [2.45, 2.75) is 31.6 Å². The Hall–Kier alpha value is -2.06. The summed E-state index contributed by atoms with van der Waals surface area (Å²) in [5.74, 6) is 1.28. The molecule has 1 atom stereocenters. The predicted molar refractivity (Wildman–Crippen MR) is 107 cm³/mol. The molecule has 1 amide bonds. The lowest BCUT2D eigenvalue weighted by molar-refractivity contribution is -0.128. The number of anilines is 1. The van der Waals surface area contributed by atoms with Crippen LogP contribution in [0.3, 0.4) is 0 Å². The molecule has 1 aromatic heterocycles. The number of carbonyl (C=O) groups is 1. The minimum absolute atomic E-state index is 0.0345. The first-order chi connectivity index (χ1) is 13.1. The lowest BCUT2D eigenvalue weighted by atomic mass is 10.1. The molecule has 146 valence electrons. The van der Waals surface area contributed by atoms with E-state index in [9.17, 15) is 4.79 Å². The average molecular weight is 390 g/mol. The van der Waals surface area contributed by atoms with Crippen molar-refractivity contribution in [3.8, 4) is 0 Å². The quantitative estimate of drug-likeness (QED) is 0.678. The SMILES string of the molecule is CCn1c(SCC(=O)N(C)[C@@H](C)c2ccccc2)nnc1N1CCOCC1. The number of benzene rings is 1. The number of ether oxygens (including phenoxy) is 1.